The van der Waals surface area contributed by atoms with Crippen LogP contribution in [0.1, 0.15) is 246 Å². The van der Waals surface area contributed by atoms with Gasteiger partial charge in [0.2, 0.25) is 23.6 Å². The molecule has 0 atom stereocenters. The molecule has 0 aliphatic carbocycles. The molecule has 0 unspecified atom stereocenters. The Labute approximate surface area is 414 Å². The van der Waals surface area contributed by atoms with Crippen molar-refractivity contribution in [3.63, 3.8) is 0 Å². The molecule has 10 nitrogen and oxygen atoms in total. The van der Waals surface area contributed by atoms with E-state index < -0.39 is 0 Å². The van der Waals surface area contributed by atoms with Crippen molar-refractivity contribution in [2.75, 3.05) is 39.3 Å². The van der Waals surface area contributed by atoms with Crippen LogP contribution in [0.2, 0.25) is 0 Å². The molecule has 0 aliphatic heterocycles. The minimum absolute atomic E-state index is 0.116. The van der Waals surface area contributed by atoms with Crippen molar-refractivity contribution in [2.24, 2.45) is 44.3 Å². The van der Waals surface area contributed by atoms with E-state index in [1.54, 1.807) is 0 Å². The standard InChI is InChI=1S/C11H25N.3C10H21NO.C8H19N.C7H15NO/c1-10(2,3)8-7-9-12-11(4,5)6;1-9(2,3)7-11-8(12)10(4,5)6;2*1-8(2)6-7-11-9(12)10(3,4)5;1-5-6-7-9-8(2,3)4;1-5-8-6(9)7(2,3)4/h12H,7-9H2,1-6H3;7H2,1-6H3,(H,11,12);2*8H,6-7H2,1-5H3,(H,11,12);9H,5-7H2,1-4H3;5H2,1-4H3,(H,8,9). The average molecular weight is 944 g/mol. The first-order chi connectivity index (χ1) is 29.1. The molecule has 6 N–H and O–H groups in total. The van der Waals surface area contributed by atoms with E-state index in [-0.39, 0.29) is 56.2 Å². The van der Waals surface area contributed by atoms with Gasteiger partial charge in [-0.05, 0) is 116 Å². The lowest BCUT2D eigenvalue weighted by Crippen LogP contribution is -2.39. The summed E-state index contributed by atoms with van der Waals surface area (Å²) >= 11 is 0. The maximum absolute atomic E-state index is 11.4. The van der Waals surface area contributed by atoms with Crippen LogP contribution in [0.3, 0.4) is 0 Å². The normalized spacial score (nSPS) is 12.2. The van der Waals surface area contributed by atoms with Crippen LogP contribution in [-0.4, -0.2) is 74.0 Å². The summed E-state index contributed by atoms with van der Waals surface area (Å²) in [7, 11) is 0. The van der Waals surface area contributed by atoms with Crippen LogP contribution in [0.25, 0.3) is 0 Å². The van der Waals surface area contributed by atoms with Crippen molar-refractivity contribution >= 4 is 23.6 Å². The molecule has 10 heteroatoms. The Hall–Kier alpha value is -2.20. The summed E-state index contributed by atoms with van der Waals surface area (Å²) < 4.78 is 0. The third-order valence-electron chi connectivity index (χ3n) is 8.80. The van der Waals surface area contributed by atoms with Crippen molar-refractivity contribution in [3.8, 4) is 0 Å². The molecule has 0 aromatic heterocycles. The van der Waals surface area contributed by atoms with Gasteiger partial charge in [0, 0.05) is 58.9 Å². The number of hydrogen-bond donors (Lipinski definition) is 6. The zero-order chi connectivity index (χ0) is 54.2. The molecule has 0 saturated heterocycles. The van der Waals surface area contributed by atoms with Gasteiger partial charge in [0.05, 0.1) is 0 Å². The third-order valence-corrected chi connectivity index (χ3v) is 8.80. The predicted octanol–water partition coefficient (Wildman–Crippen LogP) is 13.1. The number of unbranched alkanes of at least 4 members (excludes halogenated alkanes) is 1. The Kier molecular flexibility index (Phi) is 40.9. The fraction of sp³-hybridized carbons (Fsp3) is 0.929. The van der Waals surface area contributed by atoms with E-state index in [0.717, 1.165) is 52.1 Å². The highest BCUT2D eigenvalue weighted by molar-refractivity contribution is 5.82. The molecule has 0 aromatic rings. The lowest BCUT2D eigenvalue weighted by Gasteiger charge is -2.23. The zero-order valence-corrected chi connectivity index (χ0v) is 50.3. The van der Waals surface area contributed by atoms with Gasteiger partial charge in [0.1, 0.15) is 0 Å². The molecule has 0 spiro atoms. The Morgan fingerprint density at radius 3 is 0.879 bits per heavy atom. The first-order valence-electron chi connectivity index (χ1n) is 25.7. The Morgan fingerprint density at radius 1 is 0.379 bits per heavy atom. The van der Waals surface area contributed by atoms with Crippen LogP contribution in [-0.2, 0) is 19.2 Å². The van der Waals surface area contributed by atoms with Crippen LogP contribution >= 0.6 is 0 Å². The summed E-state index contributed by atoms with van der Waals surface area (Å²) in [5.74, 6) is 1.84. The average Bonchev–Trinajstić information content (AvgIpc) is 3.07. The summed E-state index contributed by atoms with van der Waals surface area (Å²) in [5, 5.41) is 18.4. The van der Waals surface area contributed by atoms with Crippen LogP contribution in [0.15, 0.2) is 0 Å². The van der Waals surface area contributed by atoms with Crippen LogP contribution in [0.5, 0.6) is 0 Å². The quantitative estimate of drug-likeness (QED) is 0.0959. The molecule has 4 amide bonds. The van der Waals surface area contributed by atoms with E-state index >= 15 is 0 Å². The summed E-state index contributed by atoms with van der Waals surface area (Å²) in [5.41, 5.74) is 0.211. The van der Waals surface area contributed by atoms with Crippen molar-refractivity contribution in [3.05, 3.63) is 0 Å². The van der Waals surface area contributed by atoms with Gasteiger partial charge < -0.3 is 31.9 Å². The second-order valence-electron chi connectivity index (χ2n) is 27.4. The van der Waals surface area contributed by atoms with Crippen molar-refractivity contribution in [2.45, 2.75) is 257 Å². The SMILES string of the molecule is CC(C)(C)CCCNC(C)(C)C.CC(C)(C)CNC(=O)C(C)(C)C.CC(C)CCNC(=O)C(C)(C)C.CC(C)CCNC(=O)C(C)(C)C.CCCCNC(C)(C)C.CCNC(=O)C(C)(C)C. The molecule has 0 rings (SSSR count). The maximum Gasteiger partial charge on any atom is 0.225 e. The molecular weight excluding hydrogens is 821 g/mol. The van der Waals surface area contributed by atoms with Crippen LogP contribution < -0.4 is 31.9 Å². The summed E-state index contributed by atoms with van der Waals surface area (Å²) in [4.78, 5) is 45.0. The number of carbonyl (C=O) groups excluding carboxylic acids is 4. The van der Waals surface area contributed by atoms with Gasteiger partial charge in [0.15, 0.2) is 0 Å². The third kappa shape index (κ3) is 68.4. The molecule has 0 bridgehead atoms. The fourth-order valence-corrected chi connectivity index (χ4v) is 4.24. The van der Waals surface area contributed by atoms with Gasteiger partial charge >= 0.3 is 0 Å². The van der Waals surface area contributed by atoms with Gasteiger partial charge in [-0.15, -0.1) is 0 Å². The molecule has 66 heavy (non-hydrogen) atoms. The topological polar surface area (TPSA) is 140 Å². The number of amides is 4. The number of hydrogen-bond acceptors (Lipinski definition) is 6. The second-order valence-corrected chi connectivity index (χ2v) is 27.4. The minimum Gasteiger partial charge on any atom is -0.356 e. The van der Waals surface area contributed by atoms with Gasteiger partial charge in [-0.1, -0.05) is 166 Å². The molecule has 0 saturated carbocycles. The highest BCUT2D eigenvalue weighted by atomic mass is 16.2. The number of rotatable bonds is 14. The largest absolute Gasteiger partial charge is 0.356 e. The molecule has 0 heterocycles. The summed E-state index contributed by atoms with van der Waals surface area (Å²) in [6, 6.07) is 0. The van der Waals surface area contributed by atoms with Crippen LogP contribution in [0.4, 0.5) is 0 Å². The minimum atomic E-state index is -0.273. The fourth-order valence-electron chi connectivity index (χ4n) is 4.24. The Morgan fingerprint density at radius 2 is 0.667 bits per heavy atom. The smallest absolute Gasteiger partial charge is 0.225 e. The summed E-state index contributed by atoms with van der Waals surface area (Å²) in [6.45, 7) is 67.6. The molecule has 0 aliphatic rings. The van der Waals surface area contributed by atoms with E-state index in [4.69, 9.17) is 0 Å². The zero-order valence-electron chi connectivity index (χ0n) is 50.3. The highest BCUT2D eigenvalue weighted by Gasteiger charge is 2.23. The maximum atomic E-state index is 11.4. The van der Waals surface area contributed by atoms with Crippen molar-refractivity contribution in [1.82, 2.24) is 31.9 Å². The molecule has 0 radical (unpaired) electrons. The second kappa shape index (κ2) is 35.8. The van der Waals surface area contributed by atoms with Gasteiger partial charge in [0.25, 0.3) is 0 Å². The van der Waals surface area contributed by atoms with E-state index in [1.165, 1.54) is 25.7 Å². The summed E-state index contributed by atoms with van der Waals surface area (Å²) in [6.07, 6.45) is 7.26. The molecular formula is C56H122N6O4. The lowest BCUT2D eigenvalue weighted by molar-refractivity contribution is -0.129. The number of carbonyl (C=O) groups is 4. The molecule has 0 fully saturated rings. The van der Waals surface area contributed by atoms with E-state index in [2.05, 4.69) is 150 Å². The van der Waals surface area contributed by atoms with E-state index in [1.807, 2.05) is 90.0 Å². The predicted molar refractivity (Wildman–Crippen MR) is 293 cm³/mol. The number of nitrogens with one attached hydrogen (secondary N) is 6. The van der Waals surface area contributed by atoms with Gasteiger partial charge in [-0.25, -0.2) is 0 Å². The molecule has 0 aromatic carbocycles. The van der Waals surface area contributed by atoms with E-state index in [9.17, 15) is 19.2 Å². The first kappa shape index (κ1) is 75.3. The van der Waals surface area contributed by atoms with Crippen molar-refractivity contribution < 1.29 is 19.2 Å². The Bertz CT molecular complexity index is 1170. The molecule has 400 valence electrons. The van der Waals surface area contributed by atoms with E-state index in [0.29, 0.717) is 22.8 Å². The lowest BCUT2D eigenvalue weighted by atomic mass is 9.90. The monoisotopic (exact) mass is 943 g/mol. The highest BCUT2D eigenvalue weighted by Crippen LogP contribution is 2.20. The Balaban J connectivity index is -0.000000164. The van der Waals surface area contributed by atoms with Crippen molar-refractivity contribution in [1.29, 1.82) is 0 Å². The van der Waals surface area contributed by atoms with Crippen LogP contribution in [0, 0.1) is 44.3 Å². The van der Waals surface area contributed by atoms with Gasteiger partial charge in [-0.3, -0.25) is 19.2 Å². The van der Waals surface area contributed by atoms with Gasteiger partial charge in [-0.2, -0.15) is 0 Å². The first-order valence-corrected chi connectivity index (χ1v) is 25.7.